The van der Waals surface area contributed by atoms with Gasteiger partial charge in [-0.1, -0.05) is 36.4 Å². The highest BCUT2D eigenvalue weighted by molar-refractivity contribution is 7.89. The van der Waals surface area contributed by atoms with Crippen LogP contribution in [0.25, 0.3) is 0 Å². The fourth-order valence-electron chi connectivity index (χ4n) is 3.17. The molecule has 3 rings (SSSR count). The van der Waals surface area contributed by atoms with Gasteiger partial charge in [-0.2, -0.15) is 4.31 Å². The molecule has 1 aromatic heterocycles. The summed E-state index contributed by atoms with van der Waals surface area (Å²) in [6.45, 7) is 5.87. The maximum absolute atomic E-state index is 13.3. The van der Waals surface area contributed by atoms with E-state index in [-0.39, 0.29) is 36.3 Å². The Bertz CT molecular complexity index is 1160. The summed E-state index contributed by atoms with van der Waals surface area (Å²) in [5, 5.41) is 1.95. The number of rotatable bonds is 10. The molecule has 0 aliphatic carbocycles. The van der Waals surface area contributed by atoms with E-state index in [4.69, 9.17) is 0 Å². The van der Waals surface area contributed by atoms with Gasteiger partial charge in [0.2, 0.25) is 15.9 Å². The molecule has 8 heteroatoms. The van der Waals surface area contributed by atoms with Crippen LogP contribution in [0.4, 0.5) is 4.39 Å². The predicted octanol–water partition coefficient (Wildman–Crippen LogP) is 4.60. The highest BCUT2D eigenvalue weighted by atomic mass is 32.2. The monoisotopic (exact) mass is 472 g/mol. The smallest absolute Gasteiger partial charge is 0.243 e. The average molecular weight is 473 g/mol. The zero-order chi connectivity index (χ0) is 23.1. The van der Waals surface area contributed by atoms with Crippen molar-refractivity contribution in [3.63, 3.8) is 0 Å². The average Bonchev–Trinajstić information content (AvgIpc) is 3.19. The molecule has 32 heavy (non-hydrogen) atoms. The van der Waals surface area contributed by atoms with Crippen LogP contribution in [-0.4, -0.2) is 36.6 Å². The largest absolute Gasteiger partial charge is 0.332 e. The number of amides is 1. The van der Waals surface area contributed by atoms with E-state index in [1.54, 1.807) is 35.2 Å². The van der Waals surface area contributed by atoms with Crippen molar-refractivity contribution < 1.29 is 17.6 Å². The molecule has 2 aromatic carbocycles. The Hall–Kier alpha value is -2.81. The quantitative estimate of drug-likeness (QED) is 0.405. The zero-order valence-corrected chi connectivity index (χ0v) is 19.4. The van der Waals surface area contributed by atoms with Gasteiger partial charge in [-0.25, -0.2) is 12.8 Å². The first-order valence-corrected chi connectivity index (χ1v) is 12.3. The highest BCUT2D eigenvalue weighted by Gasteiger charge is 2.28. The highest BCUT2D eigenvalue weighted by Crippen LogP contribution is 2.21. The molecule has 0 aliphatic heterocycles. The lowest BCUT2D eigenvalue weighted by molar-refractivity contribution is -0.132. The van der Waals surface area contributed by atoms with Gasteiger partial charge in [0.05, 0.1) is 18.0 Å². The fourth-order valence-corrected chi connectivity index (χ4v) is 5.47. The van der Waals surface area contributed by atoms with Gasteiger partial charge in [0.25, 0.3) is 0 Å². The summed E-state index contributed by atoms with van der Waals surface area (Å²) in [5.74, 6) is -0.699. The molecule has 0 N–H and O–H groups in total. The number of hydrogen-bond donors (Lipinski definition) is 0. The van der Waals surface area contributed by atoms with Crippen LogP contribution >= 0.6 is 11.3 Å². The lowest BCUT2D eigenvalue weighted by Crippen LogP contribution is -2.42. The topological polar surface area (TPSA) is 57.7 Å². The fraction of sp³-hybridized carbons (Fsp3) is 0.208. The minimum absolute atomic E-state index is 0.00534. The van der Waals surface area contributed by atoms with Crippen molar-refractivity contribution in [2.75, 3.05) is 13.1 Å². The normalized spacial score (nSPS) is 11.5. The Morgan fingerprint density at radius 2 is 1.75 bits per heavy atom. The molecule has 0 unspecified atom stereocenters. The molecule has 0 atom stereocenters. The molecular formula is C24H25FN2O3S2. The Kier molecular flexibility index (Phi) is 7.95. The molecule has 0 aliphatic rings. The van der Waals surface area contributed by atoms with E-state index in [2.05, 4.69) is 6.58 Å². The van der Waals surface area contributed by atoms with Gasteiger partial charge in [0.15, 0.2) is 0 Å². The zero-order valence-electron chi connectivity index (χ0n) is 17.8. The van der Waals surface area contributed by atoms with E-state index in [9.17, 15) is 17.6 Å². The van der Waals surface area contributed by atoms with Crippen LogP contribution in [0.15, 0.2) is 83.6 Å². The summed E-state index contributed by atoms with van der Waals surface area (Å²) in [6, 6.07) is 15.9. The van der Waals surface area contributed by atoms with Crippen molar-refractivity contribution >= 4 is 27.3 Å². The van der Waals surface area contributed by atoms with Crippen molar-refractivity contribution in [1.29, 1.82) is 0 Å². The van der Waals surface area contributed by atoms with Crippen molar-refractivity contribution in [2.24, 2.45) is 0 Å². The summed E-state index contributed by atoms with van der Waals surface area (Å²) in [5.41, 5.74) is 1.82. The van der Waals surface area contributed by atoms with Crippen LogP contribution < -0.4 is 0 Å². The van der Waals surface area contributed by atoms with Crippen LogP contribution in [0.5, 0.6) is 0 Å². The Labute approximate surface area is 192 Å². The third-order valence-corrected chi connectivity index (χ3v) is 7.80. The number of nitrogens with zero attached hydrogens (tertiary/aromatic N) is 2. The first-order chi connectivity index (χ1) is 15.3. The standard InChI is InChI=1S/C24H25FN2O3S2/c1-3-14-27(32(29,30)22-7-5-4-6-8-22)18-24(28)26(17-23-19(2)13-15-31-23)16-20-9-11-21(25)12-10-20/h3-13,15H,1,14,16-18H2,2H3. The van der Waals surface area contributed by atoms with E-state index >= 15 is 0 Å². The molecule has 0 radical (unpaired) electrons. The lowest BCUT2D eigenvalue weighted by Gasteiger charge is -2.27. The molecule has 3 aromatic rings. The van der Waals surface area contributed by atoms with Gasteiger partial charge in [-0.15, -0.1) is 17.9 Å². The first-order valence-electron chi connectivity index (χ1n) is 10.0. The van der Waals surface area contributed by atoms with Gasteiger partial charge in [-0.05, 0) is 53.8 Å². The van der Waals surface area contributed by atoms with Crippen LogP contribution in [0.1, 0.15) is 16.0 Å². The number of carbonyl (C=O) groups excluding carboxylic acids is 1. The summed E-state index contributed by atoms with van der Waals surface area (Å²) in [7, 11) is -3.87. The third-order valence-electron chi connectivity index (χ3n) is 4.97. The maximum atomic E-state index is 13.3. The SMILES string of the molecule is C=CCN(CC(=O)N(Cc1ccc(F)cc1)Cc1sccc1C)S(=O)(=O)c1ccccc1. The van der Waals surface area contributed by atoms with E-state index in [0.29, 0.717) is 6.54 Å². The van der Waals surface area contributed by atoms with E-state index in [0.717, 1.165) is 20.3 Å². The Morgan fingerprint density at radius 1 is 1.06 bits per heavy atom. The lowest BCUT2D eigenvalue weighted by atomic mass is 10.2. The summed E-state index contributed by atoms with van der Waals surface area (Å²) < 4.78 is 40.7. The van der Waals surface area contributed by atoms with Gasteiger partial charge in [0, 0.05) is 18.0 Å². The van der Waals surface area contributed by atoms with Crippen LogP contribution in [-0.2, 0) is 27.9 Å². The second-order valence-electron chi connectivity index (χ2n) is 7.30. The van der Waals surface area contributed by atoms with Gasteiger partial charge in [-0.3, -0.25) is 4.79 Å². The second kappa shape index (κ2) is 10.7. The molecule has 0 fully saturated rings. The van der Waals surface area contributed by atoms with Crippen molar-refractivity contribution in [3.8, 4) is 0 Å². The van der Waals surface area contributed by atoms with Crippen molar-refractivity contribution in [2.45, 2.75) is 24.9 Å². The van der Waals surface area contributed by atoms with E-state index < -0.39 is 10.0 Å². The van der Waals surface area contributed by atoms with Crippen molar-refractivity contribution in [1.82, 2.24) is 9.21 Å². The minimum Gasteiger partial charge on any atom is -0.332 e. The second-order valence-corrected chi connectivity index (χ2v) is 10.2. The van der Waals surface area contributed by atoms with Gasteiger partial charge < -0.3 is 4.90 Å². The van der Waals surface area contributed by atoms with Crippen LogP contribution in [0, 0.1) is 12.7 Å². The van der Waals surface area contributed by atoms with Crippen LogP contribution in [0.3, 0.4) is 0 Å². The number of sulfonamides is 1. The number of aryl methyl sites for hydroxylation is 1. The van der Waals surface area contributed by atoms with E-state index in [1.165, 1.54) is 41.7 Å². The van der Waals surface area contributed by atoms with Crippen LogP contribution in [0.2, 0.25) is 0 Å². The van der Waals surface area contributed by atoms with Gasteiger partial charge in [0.1, 0.15) is 5.82 Å². The Balaban J connectivity index is 1.86. The number of hydrogen-bond acceptors (Lipinski definition) is 4. The third kappa shape index (κ3) is 5.91. The van der Waals surface area contributed by atoms with Gasteiger partial charge >= 0.3 is 0 Å². The Morgan fingerprint density at radius 3 is 2.34 bits per heavy atom. The van der Waals surface area contributed by atoms with Crippen molar-refractivity contribution in [3.05, 3.63) is 101 Å². The molecule has 0 bridgehead atoms. The van der Waals surface area contributed by atoms with E-state index in [1.807, 2.05) is 18.4 Å². The molecule has 0 saturated heterocycles. The minimum atomic E-state index is -3.87. The number of carbonyl (C=O) groups is 1. The molecular weight excluding hydrogens is 447 g/mol. The number of benzene rings is 2. The molecule has 0 saturated carbocycles. The molecule has 5 nitrogen and oxygen atoms in total. The number of thiophene rings is 1. The summed E-state index contributed by atoms with van der Waals surface area (Å²) in [4.78, 5) is 16.1. The molecule has 1 heterocycles. The molecule has 0 spiro atoms. The summed E-state index contributed by atoms with van der Waals surface area (Å²) in [6.07, 6.45) is 1.46. The molecule has 1 amide bonds. The summed E-state index contributed by atoms with van der Waals surface area (Å²) >= 11 is 1.54. The predicted molar refractivity (Wildman–Crippen MR) is 125 cm³/mol. The first kappa shape index (κ1) is 23.8. The molecule has 168 valence electrons. The number of halogens is 1. The maximum Gasteiger partial charge on any atom is 0.243 e.